The Morgan fingerprint density at radius 3 is 2.53 bits per heavy atom. The minimum atomic E-state index is -0.0514. The van der Waals surface area contributed by atoms with Crippen LogP contribution in [0.5, 0.6) is 0 Å². The summed E-state index contributed by atoms with van der Waals surface area (Å²) in [5.74, 6) is -0.0514. The lowest BCUT2D eigenvalue weighted by Crippen LogP contribution is -2.28. The molecule has 0 atom stereocenters. The molecule has 0 bridgehead atoms. The number of nitrogens with zero attached hydrogens (tertiary/aromatic N) is 1. The molecule has 0 heterocycles. The van der Waals surface area contributed by atoms with Gasteiger partial charge in [-0.2, -0.15) is 0 Å². The van der Waals surface area contributed by atoms with Gasteiger partial charge in [0.05, 0.1) is 6.54 Å². The highest BCUT2D eigenvalue weighted by Gasteiger charge is 2.01. The van der Waals surface area contributed by atoms with E-state index in [1.165, 1.54) is 0 Å². The van der Waals surface area contributed by atoms with Gasteiger partial charge in [0.1, 0.15) is 0 Å². The molecule has 1 amide bonds. The van der Waals surface area contributed by atoms with Gasteiger partial charge in [-0.1, -0.05) is 6.08 Å². The fourth-order valence-corrected chi connectivity index (χ4v) is 1.34. The molecule has 92 valence electrons. The highest BCUT2D eigenvalue weighted by atomic mass is 16.1. The molecule has 17 heavy (non-hydrogen) atoms. The standard InChI is InChI=1S/C13H19N3O/c1-4-9-14-10-13(17)15-11-5-7-12(8-6-11)16(2)3/h4-8,14H,1,9-10H2,2-3H3,(H,15,17). The zero-order valence-electron chi connectivity index (χ0n) is 10.4. The third kappa shape index (κ3) is 4.70. The Hall–Kier alpha value is -1.81. The van der Waals surface area contributed by atoms with E-state index in [9.17, 15) is 4.79 Å². The van der Waals surface area contributed by atoms with Gasteiger partial charge in [-0.15, -0.1) is 6.58 Å². The van der Waals surface area contributed by atoms with Crippen LogP contribution in [0.25, 0.3) is 0 Å². The molecule has 0 aliphatic carbocycles. The third-order valence-corrected chi connectivity index (χ3v) is 2.24. The van der Waals surface area contributed by atoms with Crippen LogP contribution in [-0.2, 0) is 4.79 Å². The maximum Gasteiger partial charge on any atom is 0.238 e. The number of amides is 1. The highest BCUT2D eigenvalue weighted by molar-refractivity contribution is 5.92. The van der Waals surface area contributed by atoms with Crippen LogP contribution in [0, 0.1) is 0 Å². The quantitative estimate of drug-likeness (QED) is 0.577. The fraction of sp³-hybridized carbons (Fsp3) is 0.308. The first kappa shape index (κ1) is 13.3. The Morgan fingerprint density at radius 2 is 2.00 bits per heavy atom. The van der Waals surface area contributed by atoms with Gasteiger partial charge in [0.2, 0.25) is 5.91 Å². The molecule has 0 aromatic heterocycles. The molecule has 1 aromatic carbocycles. The Bertz CT molecular complexity index is 371. The van der Waals surface area contributed by atoms with Gasteiger partial charge in [-0.05, 0) is 24.3 Å². The predicted octanol–water partition coefficient (Wildman–Crippen LogP) is 1.47. The zero-order chi connectivity index (χ0) is 12.7. The summed E-state index contributed by atoms with van der Waals surface area (Å²) in [7, 11) is 3.96. The molecule has 0 fully saturated rings. The van der Waals surface area contributed by atoms with Gasteiger partial charge in [0.15, 0.2) is 0 Å². The second kappa shape index (κ2) is 6.70. The van der Waals surface area contributed by atoms with E-state index >= 15 is 0 Å². The molecule has 2 N–H and O–H groups in total. The molecule has 1 aromatic rings. The maximum atomic E-state index is 11.5. The predicted molar refractivity (Wildman–Crippen MR) is 72.5 cm³/mol. The molecule has 4 heteroatoms. The number of anilines is 2. The molecule has 0 saturated heterocycles. The number of carbonyl (C=O) groups excluding carboxylic acids is 1. The first-order chi connectivity index (χ1) is 8.13. The minimum absolute atomic E-state index is 0.0514. The van der Waals surface area contributed by atoms with E-state index in [1.807, 2.05) is 43.3 Å². The summed E-state index contributed by atoms with van der Waals surface area (Å²) in [6.45, 7) is 4.49. The van der Waals surface area contributed by atoms with E-state index in [0.29, 0.717) is 13.1 Å². The largest absolute Gasteiger partial charge is 0.378 e. The van der Waals surface area contributed by atoms with Crippen LogP contribution in [0.15, 0.2) is 36.9 Å². The lowest BCUT2D eigenvalue weighted by Gasteiger charge is -2.13. The number of carbonyl (C=O) groups is 1. The average Bonchev–Trinajstić information content (AvgIpc) is 2.30. The first-order valence-electron chi connectivity index (χ1n) is 5.52. The molecule has 1 rings (SSSR count). The van der Waals surface area contributed by atoms with E-state index < -0.39 is 0 Å². The van der Waals surface area contributed by atoms with E-state index in [0.717, 1.165) is 11.4 Å². The summed E-state index contributed by atoms with van der Waals surface area (Å²) < 4.78 is 0. The summed E-state index contributed by atoms with van der Waals surface area (Å²) >= 11 is 0. The van der Waals surface area contributed by atoms with Gasteiger partial charge in [0, 0.05) is 32.0 Å². The van der Waals surface area contributed by atoms with Crippen molar-refractivity contribution in [3.8, 4) is 0 Å². The summed E-state index contributed by atoms with van der Waals surface area (Å²) in [4.78, 5) is 13.5. The van der Waals surface area contributed by atoms with Crippen LogP contribution in [0.2, 0.25) is 0 Å². The Morgan fingerprint density at radius 1 is 1.35 bits per heavy atom. The van der Waals surface area contributed by atoms with Crippen molar-refractivity contribution in [3.63, 3.8) is 0 Å². The van der Waals surface area contributed by atoms with Crippen molar-refractivity contribution in [2.75, 3.05) is 37.4 Å². The summed E-state index contributed by atoms with van der Waals surface area (Å²) in [5, 5.41) is 5.76. The Labute approximate surface area is 102 Å². The minimum Gasteiger partial charge on any atom is -0.378 e. The van der Waals surface area contributed by atoms with Crippen LogP contribution >= 0.6 is 0 Å². The van der Waals surface area contributed by atoms with E-state index in [2.05, 4.69) is 17.2 Å². The van der Waals surface area contributed by atoms with E-state index in [-0.39, 0.29) is 5.91 Å². The molecule has 0 radical (unpaired) electrons. The molecule has 0 spiro atoms. The molecule has 0 aliphatic rings. The lowest BCUT2D eigenvalue weighted by molar-refractivity contribution is -0.115. The number of rotatable bonds is 6. The highest BCUT2D eigenvalue weighted by Crippen LogP contribution is 2.15. The Balaban J connectivity index is 2.45. The van der Waals surface area contributed by atoms with Gasteiger partial charge in [0.25, 0.3) is 0 Å². The van der Waals surface area contributed by atoms with Crippen molar-refractivity contribution in [2.45, 2.75) is 0 Å². The van der Waals surface area contributed by atoms with Crippen LogP contribution in [0.4, 0.5) is 11.4 Å². The number of nitrogens with one attached hydrogen (secondary N) is 2. The van der Waals surface area contributed by atoms with Crippen molar-refractivity contribution >= 4 is 17.3 Å². The smallest absolute Gasteiger partial charge is 0.238 e. The van der Waals surface area contributed by atoms with Crippen molar-refractivity contribution in [2.24, 2.45) is 0 Å². The van der Waals surface area contributed by atoms with Crippen LogP contribution < -0.4 is 15.5 Å². The van der Waals surface area contributed by atoms with Gasteiger partial charge in [-0.25, -0.2) is 0 Å². The van der Waals surface area contributed by atoms with E-state index in [4.69, 9.17) is 0 Å². The second-order valence-electron chi connectivity index (χ2n) is 3.91. The summed E-state index contributed by atoms with van der Waals surface area (Å²) in [5.41, 5.74) is 1.91. The molecule has 0 aliphatic heterocycles. The number of benzene rings is 1. The SMILES string of the molecule is C=CCNCC(=O)Nc1ccc(N(C)C)cc1. The number of hydrogen-bond acceptors (Lipinski definition) is 3. The molecule has 0 saturated carbocycles. The third-order valence-electron chi connectivity index (χ3n) is 2.24. The first-order valence-corrected chi connectivity index (χ1v) is 5.52. The van der Waals surface area contributed by atoms with Crippen molar-refractivity contribution in [1.29, 1.82) is 0 Å². The zero-order valence-corrected chi connectivity index (χ0v) is 10.4. The average molecular weight is 233 g/mol. The normalized spacial score (nSPS) is 9.76. The fourth-order valence-electron chi connectivity index (χ4n) is 1.34. The van der Waals surface area contributed by atoms with Crippen LogP contribution in [-0.4, -0.2) is 33.1 Å². The summed E-state index contributed by atoms with van der Waals surface area (Å²) in [6.07, 6.45) is 1.72. The monoisotopic (exact) mass is 233 g/mol. The molecular weight excluding hydrogens is 214 g/mol. The molecule has 0 unspecified atom stereocenters. The van der Waals surface area contributed by atoms with Crippen LogP contribution in [0.3, 0.4) is 0 Å². The summed E-state index contributed by atoms with van der Waals surface area (Å²) in [6, 6.07) is 7.71. The van der Waals surface area contributed by atoms with Crippen molar-refractivity contribution in [3.05, 3.63) is 36.9 Å². The molecular formula is C13H19N3O. The maximum absolute atomic E-state index is 11.5. The number of hydrogen-bond donors (Lipinski definition) is 2. The van der Waals surface area contributed by atoms with Gasteiger partial charge < -0.3 is 15.5 Å². The van der Waals surface area contributed by atoms with Crippen LogP contribution in [0.1, 0.15) is 0 Å². The Kier molecular flexibility index (Phi) is 5.23. The topological polar surface area (TPSA) is 44.4 Å². The lowest BCUT2D eigenvalue weighted by atomic mass is 10.2. The van der Waals surface area contributed by atoms with E-state index in [1.54, 1.807) is 6.08 Å². The van der Waals surface area contributed by atoms with Gasteiger partial charge >= 0.3 is 0 Å². The van der Waals surface area contributed by atoms with Gasteiger partial charge in [-0.3, -0.25) is 4.79 Å². The van der Waals surface area contributed by atoms with Crippen molar-refractivity contribution < 1.29 is 4.79 Å². The molecule has 4 nitrogen and oxygen atoms in total. The van der Waals surface area contributed by atoms with Crippen molar-refractivity contribution in [1.82, 2.24) is 5.32 Å². The second-order valence-corrected chi connectivity index (χ2v) is 3.91.